The van der Waals surface area contributed by atoms with Gasteiger partial charge in [-0.25, -0.2) is 0 Å². The molecule has 168 valence electrons. The van der Waals surface area contributed by atoms with E-state index in [1.54, 1.807) is 0 Å². The molecule has 0 aromatic carbocycles. The second-order valence-corrected chi connectivity index (χ2v) is 7.50. The summed E-state index contributed by atoms with van der Waals surface area (Å²) in [6.45, 7) is 2.20. The zero-order valence-corrected chi connectivity index (χ0v) is 19.2. The van der Waals surface area contributed by atoms with E-state index in [2.05, 4.69) is 79.8 Å². The molecule has 0 atom stereocenters. The van der Waals surface area contributed by atoms with Gasteiger partial charge in [-0.1, -0.05) is 106 Å². The van der Waals surface area contributed by atoms with Gasteiger partial charge in [0.2, 0.25) is 0 Å². The molecule has 0 aliphatic heterocycles. The van der Waals surface area contributed by atoms with Gasteiger partial charge in [0.25, 0.3) is 0 Å². The van der Waals surface area contributed by atoms with Gasteiger partial charge in [0.05, 0.1) is 0 Å². The van der Waals surface area contributed by atoms with Gasteiger partial charge in [0.1, 0.15) is 0 Å². The van der Waals surface area contributed by atoms with E-state index in [0.29, 0.717) is 6.42 Å². The van der Waals surface area contributed by atoms with Crippen LogP contribution in [-0.4, -0.2) is 11.1 Å². The highest BCUT2D eigenvalue weighted by Crippen LogP contribution is 2.07. The molecule has 0 amide bonds. The van der Waals surface area contributed by atoms with Crippen LogP contribution >= 0.6 is 0 Å². The Morgan fingerprint density at radius 3 is 1.33 bits per heavy atom. The van der Waals surface area contributed by atoms with Gasteiger partial charge in [-0.3, -0.25) is 4.79 Å². The maximum Gasteiger partial charge on any atom is 0.303 e. The molecule has 2 nitrogen and oxygen atoms in total. The molecule has 1 N–H and O–H groups in total. The quantitative estimate of drug-likeness (QED) is 0.160. The summed E-state index contributed by atoms with van der Waals surface area (Å²) in [7, 11) is 0. The molecule has 0 heterocycles. The predicted octanol–water partition coefficient (Wildman–Crippen LogP) is 8.89. The van der Waals surface area contributed by atoms with Crippen LogP contribution in [0.5, 0.6) is 0 Å². The molecule has 30 heavy (non-hydrogen) atoms. The Bertz CT molecular complexity index is 547. The van der Waals surface area contributed by atoms with E-state index in [0.717, 1.165) is 57.8 Å². The summed E-state index contributed by atoms with van der Waals surface area (Å²) >= 11 is 0. The number of carbonyl (C=O) groups is 1. The fraction of sp³-hybridized carbons (Fsp3) is 0.536. The standard InChI is InChI=1S/C28H44O2/c1-2-3-4-5-6-7-8-9-10-11-12-13-14-15-16-17-18-19-20-21-22-23-24-25-26-27-28(29)30/h4-5,7-8,10-11,13-14,16-17,19-20H,2-3,6,9,12,15,18,21-27H2,1H3,(H,29,30)/b5-4+,8-7+,11-10+,14-13+,17-16+,20-19+. The zero-order valence-electron chi connectivity index (χ0n) is 19.2. The van der Waals surface area contributed by atoms with Crippen molar-refractivity contribution in [3.05, 3.63) is 72.9 Å². The average Bonchev–Trinajstić information content (AvgIpc) is 2.73. The minimum absolute atomic E-state index is 0.313. The molecule has 0 radical (unpaired) electrons. The number of hydrogen-bond acceptors (Lipinski definition) is 1. The van der Waals surface area contributed by atoms with Crippen molar-refractivity contribution < 1.29 is 9.90 Å². The summed E-state index contributed by atoms with van der Waals surface area (Å²) in [5.74, 6) is -0.678. The van der Waals surface area contributed by atoms with Gasteiger partial charge >= 0.3 is 5.97 Å². The molecule has 0 bridgehead atoms. The van der Waals surface area contributed by atoms with Gasteiger partial charge in [0.15, 0.2) is 0 Å². The zero-order chi connectivity index (χ0) is 22.0. The normalized spacial score (nSPS) is 12.8. The number of allylic oxidation sites excluding steroid dienone is 12. The van der Waals surface area contributed by atoms with E-state index in [9.17, 15) is 4.79 Å². The van der Waals surface area contributed by atoms with Crippen LogP contribution in [0.4, 0.5) is 0 Å². The number of carboxylic acid groups (broad SMARTS) is 1. The summed E-state index contributed by atoms with van der Waals surface area (Å²) in [6.07, 6.45) is 41.2. The average molecular weight is 413 g/mol. The van der Waals surface area contributed by atoms with Crippen molar-refractivity contribution in [2.24, 2.45) is 0 Å². The fourth-order valence-electron chi connectivity index (χ4n) is 2.83. The van der Waals surface area contributed by atoms with Crippen molar-refractivity contribution in [2.45, 2.75) is 96.8 Å². The lowest BCUT2D eigenvalue weighted by Gasteiger charge is -1.98. The van der Waals surface area contributed by atoms with E-state index in [1.165, 1.54) is 25.7 Å². The SMILES string of the molecule is CCC/C=C/C/C=C/C/C=C/C/C=C/C/C=C/C/C=C/CCCCCCCC(=O)O. The van der Waals surface area contributed by atoms with Crippen molar-refractivity contribution in [2.75, 3.05) is 0 Å². The Morgan fingerprint density at radius 2 is 0.900 bits per heavy atom. The van der Waals surface area contributed by atoms with Crippen molar-refractivity contribution in [1.29, 1.82) is 0 Å². The van der Waals surface area contributed by atoms with Crippen LogP contribution in [-0.2, 0) is 4.79 Å². The Morgan fingerprint density at radius 1 is 0.533 bits per heavy atom. The highest BCUT2D eigenvalue weighted by atomic mass is 16.4. The lowest BCUT2D eigenvalue weighted by Crippen LogP contribution is -1.93. The highest BCUT2D eigenvalue weighted by molar-refractivity contribution is 5.66. The smallest absolute Gasteiger partial charge is 0.303 e. The topological polar surface area (TPSA) is 37.3 Å². The van der Waals surface area contributed by atoms with E-state index in [1.807, 2.05) is 0 Å². The molecule has 0 aromatic heterocycles. The number of aliphatic carboxylic acids is 1. The first kappa shape index (κ1) is 27.9. The summed E-state index contributed by atoms with van der Waals surface area (Å²) in [4.78, 5) is 10.4. The van der Waals surface area contributed by atoms with Crippen LogP contribution in [0.3, 0.4) is 0 Å². The molecule has 0 saturated carbocycles. The van der Waals surface area contributed by atoms with Gasteiger partial charge < -0.3 is 5.11 Å². The summed E-state index contributed by atoms with van der Waals surface area (Å²) in [5, 5.41) is 8.57. The first-order valence-electron chi connectivity index (χ1n) is 11.9. The number of unbranched alkanes of at least 4 members (excludes halogenated alkanes) is 6. The highest BCUT2D eigenvalue weighted by Gasteiger charge is 1.95. The molecule has 0 fully saturated rings. The maximum absolute atomic E-state index is 10.4. The third kappa shape index (κ3) is 25.9. The lowest BCUT2D eigenvalue weighted by atomic mass is 10.1. The minimum Gasteiger partial charge on any atom is -0.481 e. The van der Waals surface area contributed by atoms with E-state index in [-0.39, 0.29) is 0 Å². The van der Waals surface area contributed by atoms with E-state index >= 15 is 0 Å². The second kappa shape index (κ2) is 24.9. The lowest BCUT2D eigenvalue weighted by molar-refractivity contribution is -0.137. The Labute approximate surface area is 185 Å². The molecule has 0 unspecified atom stereocenters. The third-order valence-corrected chi connectivity index (χ3v) is 4.58. The molecule has 2 heteroatoms. The monoisotopic (exact) mass is 412 g/mol. The molecule has 0 spiro atoms. The number of carboxylic acids is 1. The van der Waals surface area contributed by atoms with Gasteiger partial charge in [-0.05, 0) is 57.8 Å². The van der Waals surface area contributed by atoms with E-state index < -0.39 is 5.97 Å². The van der Waals surface area contributed by atoms with Crippen molar-refractivity contribution in [3.8, 4) is 0 Å². The Kier molecular flexibility index (Phi) is 23.2. The molecule has 0 aliphatic carbocycles. The molecule has 0 aromatic rings. The number of rotatable bonds is 20. The van der Waals surface area contributed by atoms with Crippen LogP contribution in [0.25, 0.3) is 0 Å². The molecule has 0 saturated heterocycles. The van der Waals surface area contributed by atoms with Crippen molar-refractivity contribution in [1.82, 2.24) is 0 Å². The van der Waals surface area contributed by atoms with E-state index in [4.69, 9.17) is 5.11 Å². The Hall–Kier alpha value is -2.09. The van der Waals surface area contributed by atoms with Crippen molar-refractivity contribution in [3.63, 3.8) is 0 Å². The fourth-order valence-corrected chi connectivity index (χ4v) is 2.83. The van der Waals surface area contributed by atoms with Gasteiger partial charge in [0, 0.05) is 6.42 Å². The maximum atomic E-state index is 10.4. The summed E-state index contributed by atoms with van der Waals surface area (Å²) in [5.41, 5.74) is 0. The molecular weight excluding hydrogens is 368 g/mol. The van der Waals surface area contributed by atoms with Crippen LogP contribution in [0.1, 0.15) is 96.8 Å². The Balaban J connectivity index is 3.44. The third-order valence-electron chi connectivity index (χ3n) is 4.58. The minimum atomic E-state index is -0.678. The summed E-state index contributed by atoms with van der Waals surface area (Å²) < 4.78 is 0. The van der Waals surface area contributed by atoms with Gasteiger partial charge in [-0.2, -0.15) is 0 Å². The molecule has 0 aliphatic rings. The van der Waals surface area contributed by atoms with Crippen LogP contribution < -0.4 is 0 Å². The van der Waals surface area contributed by atoms with Crippen LogP contribution in [0.2, 0.25) is 0 Å². The summed E-state index contributed by atoms with van der Waals surface area (Å²) in [6, 6.07) is 0. The predicted molar refractivity (Wildman–Crippen MR) is 133 cm³/mol. The molecular formula is C28H44O2. The van der Waals surface area contributed by atoms with Gasteiger partial charge in [-0.15, -0.1) is 0 Å². The van der Waals surface area contributed by atoms with Crippen LogP contribution in [0, 0.1) is 0 Å². The largest absolute Gasteiger partial charge is 0.481 e. The molecule has 0 rings (SSSR count). The first-order chi connectivity index (χ1) is 14.8. The van der Waals surface area contributed by atoms with Crippen LogP contribution in [0.15, 0.2) is 72.9 Å². The number of hydrogen-bond donors (Lipinski definition) is 1. The van der Waals surface area contributed by atoms with Crippen molar-refractivity contribution >= 4 is 5.97 Å². The second-order valence-electron chi connectivity index (χ2n) is 7.50. The first-order valence-corrected chi connectivity index (χ1v) is 11.9.